The van der Waals surface area contributed by atoms with Crippen molar-refractivity contribution in [1.29, 1.82) is 0 Å². The Kier molecular flexibility index (Phi) is 9.43. The zero-order valence-electron chi connectivity index (χ0n) is 36.9. The molecule has 10 aromatic carbocycles. The lowest BCUT2D eigenvalue weighted by atomic mass is 9.93. The lowest BCUT2D eigenvalue weighted by molar-refractivity contribution is 0.953. The minimum Gasteiger partial charge on any atom is -0.307 e. The summed E-state index contributed by atoms with van der Waals surface area (Å²) in [7, 11) is 0. The van der Waals surface area contributed by atoms with E-state index in [1.54, 1.807) is 0 Å². The molecule has 0 saturated carbocycles. The van der Waals surface area contributed by atoms with Crippen LogP contribution in [0.2, 0.25) is 0 Å². The van der Waals surface area contributed by atoms with Gasteiger partial charge in [-0.15, -0.1) is 0 Å². The van der Waals surface area contributed by atoms with Gasteiger partial charge in [0.25, 0.3) is 0 Å². The number of benzene rings is 10. The molecule has 3 heterocycles. The van der Waals surface area contributed by atoms with Gasteiger partial charge >= 0.3 is 0 Å². The summed E-state index contributed by atoms with van der Waals surface area (Å²) in [5.41, 5.74) is 16.2. The molecule has 0 spiro atoms. The highest BCUT2D eigenvalue weighted by Crippen LogP contribution is 2.45. The van der Waals surface area contributed by atoms with Crippen molar-refractivity contribution in [2.45, 2.75) is 0 Å². The zero-order valence-corrected chi connectivity index (χ0v) is 36.9. The summed E-state index contributed by atoms with van der Waals surface area (Å²) in [5.74, 6) is 1.72. The molecule has 0 aliphatic rings. The molecule has 0 saturated heterocycles. The molecule has 0 bridgehead atoms. The molecule has 0 N–H and O–H groups in total. The van der Waals surface area contributed by atoms with Crippen LogP contribution in [0, 0.1) is 0 Å². The van der Waals surface area contributed by atoms with Crippen LogP contribution in [0.15, 0.2) is 249 Å². The lowest BCUT2D eigenvalue weighted by Crippen LogP contribution is -2.07. The van der Waals surface area contributed by atoms with Crippen molar-refractivity contribution < 1.29 is 0 Å². The van der Waals surface area contributed by atoms with E-state index in [9.17, 15) is 0 Å². The van der Waals surface area contributed by atoms with Crippen molar-refractivity contribution in [2.75, 3.05) is 0 Å². The van der Waals surface area contributed by atoms with Gasteiger partial charge in [0.2, 0.25) is 5.95 Å². The number of rotatable bonds is 8. The standard InChI is InChI=1S/C63H41N5/c1-5-20-42(21-6-1)46-28-17-30-48(40-46)61-64-62(49-31-18-29-47(41-49)43-22-7-2-8-23-43)66-63(65-61)68-56-36-16-14-33-52(56)54-39-38-53-51-32-13-15-35-55(51)67(59(53)60(54)68)57-37-19-34-50(44-24-9-3-10-25-44)58(57)45-26-11-4-12-27-45/h1-41H. The van der Waals surface area contributed by atoms with Crippen LogP contribution in [0.4, 0.5) is 0 Å². The SMILES string of the molecule is c1ccc(-c2cccc(-c3nc(-c4cccc(-c5ccccc5)c4)nc(-n4c5ccccc5c5ccc6c7ccccc7n(-c7cccc(-c8ccccc8)c7-c7ccccc7)c6c54)n3)c2)cc1. The molecule has 5 heteroatoms. The Balaban J connectivity index is 1.15. The summed E-state index contributed by atoms with van der Waals surface area (Å²) in [6.07, 6.45) is 0. The number of hydrogen-bond acceptors (Lipinski definition) is 3. The predicted octanol–water partition coefficient (Wildman–Crippen LogP) is 16.1. The van der Waals surface area contributed by atoms with Crippen molar-refractivity contribution in [3.05, 3.63) is 249 Å². The first-order valence-electron chi connectivity index (χ1n) is 23.0. The van der Waals surface area contributed by atoms with Crippen molar-refractivity contribution in [1.82, 2.24) is 24.1 Å². The molecule has 13 rings (SSSR count). The van der Waals surface area contributed by atoms with Gasteiger partial charge in [-0.05, 0) is 69.3 Å². The van der Waals surface area contributed by atoms with Crippen LogP contribution in [0.5, 0.6) is 0 Å². The average molecular weight is 868 g/mol. The Morgan fingerprint density at radius 3 is 1.22 bits per heavy atom. The van der Waals surface area contributed by atoms with E-state index in [-0.39, 0.29) is 0 Å². The summed E-state index contributed by atoms with van der Waals surface area (Å²) in [6.45, 7) is 0. The minimum atomic E-state index is 0.539. The molecule has 0 amide bonds. The van der Waals surface area contributed by atoms with Crippen LogP contribution in [-0.4, -0.2) is 24.1 Å². The molecule has 68 heavy (non-hydrogen) atoms. The maximum absolute atomic E-state index is 5.50. The monoisotopic (exact) mass is 867 g/mol. The van der Waals surface area contributed by atoms with Gasteiger partial charge in [-0.25, -0.2) is 4.98 Å². The number of hydrogen-bond donors (Lipinski definition) is 0. The van der Waals surface area contributed by atoms with Crippen LogP contribution >= 0.6 is 0 Å². The number of para-hydroxylation sites is 2. The second kappa shape index (κ2) is 16.4. The highest BCUT2D eigenvalue weighted by Gasteiger charge is 2.25. The van der Waals surface area contributed by atoms with Crippen molar-refractivity contribution in [2.24, 2.45) is 0 Å². The third-order valence-electron chi connectivity index (χ3n) is 13.2. The van der Waals surface area contributed by atoms with Gasteiger partial charge in [-0.3, -0.25) is 4.57 Å². The van der Waals surface area contributed by atoms with Crippen molar-refractivity contribution >= 4 is 43.6 Å². The highest BCUT2D eigenvalue weighted by molar-refractivity contribution is 6.24. The molecule has 5 nitrogen and oxygen atoms in total. The van der Waals surface area contributed by atoms with Gasteiger partial charge in [0.15, 0.2) is 11.6 Å². The normalized spacial score (nSPS) is 11.5. The maximum Gasteiger partial charge on any atom is 0.238 e. The van der Waals surface area contributed by atoms with Gasteiger partial charge in [0, 0.05) is 38.2 Å². The Labute approximate surface area is 393 Å². The van der Waals surface area contributed by atoms with E-state index in [0.29, 0.717) is 17.6 Å². The molecule has 0 unspecified atom stereocenters. The van der Waals surface area contributed by atoms with Crippen molar-refractivity contribution in [3.8, 4) is 78.9 Å². The number of nitrogens with zero attached hydrogens (tertiary/aromatic N) is 5. The predicted molar refractivity (Wildman–Crippen MR) is 281 cm³/mol. The zero-order chi connectivity index (χ0) is 45.0. The topological polar surface area (TPSA) is 48.5 Å². The molecule has 0 aliphatic heterocycles. The first kappa shape index (κ1) is 39.2. The van der Waals surface area contributed by atoms with Gasteiger partial charge in [-0.2, -0.15) is 9.97 Å². The van der Waals surface area contributed by atoms with E-state index in [1.807, 2.05) is 12.1 Å². The molecule has 3 aromatic heterocycles. The molecule has 318 valence electrons. The van der Waals surface area contributed by atoms with Gasteiger partial charge in [0.05, 0.1) is 27.8 Å². The minimum absolute atomic E-state index is 0.539. The molecule has 0 fully saturated rings. The largest absolute Gasteiger partial charge is 0.307 e. The summed E-state index contributed by atoms with van der Waals surface area (Å²) >= 11 is 0. The van der Waals surface area contributed by atoms with Crippen LogP contribution < -0.4 is 0 Å². The molecular formula is C63H41N5. The second-order valence-corrected chi connectivity index (χ2v) is 17.2. The fraction of sp³-hybridized carbons (Fsp3) is 0. The average Bonchev–Trinajstić information content (AvgIpc) is 3.95. The van der Waals surface area contributed by atoms with Crippen LogP contribution in [0.1, 0.15) is 0 Å². The van der Waals surface area contributed by atoms with E-state index in [0.717, 1.165) is 105 Å². The van der Waals surface area contributed by atoms with Crippen LogP contribution in [0.3, 0.4) is 0 Å². The van der Waals surface area contributed by atoms with E-state index >= 15 is 0 Å². The fourth-order valence-electron chi connectivity index (χ4n) is 10.1. The second-order valence-electron chi connectivity index (χ2n) is 17.2. The van der Waals surface area contributed by atoms with Crippen molar-refractivity contribution in [3.63, 3.8) is 0 Å². The number of aromatic nitrogens is 5. The smallest absolute Gasteiger partial charge is 0.238 e. The van der Waals surface area contributed by atoms with E-state index in [4.69, 9.17) is 15.0 Å². The third-order valence-corrected chi connectivity index (χ3v) is 13.2. The first-order chi connectivity index (χ1) is 33.7. The molecule has 0 radical (unpaired) electrons. The third kappa shape index (κ3) is 6.59. The molecule has 0 atom stereocenters. The summed E-state index contributed by atoms with van der Waals surface area (Å²) in [5, 5.41) is 4.53. The van der Waals surface area contributed by atoms with Gasteiger partial charge in [-0.1, -0.05) is 218 Å². The summed E-state index contributed by atoms with van der Waals surface area (Å²) in [4.78, 5) is 16.3. The fourth-order valence-corrected chi connectivity index (χ4v) is 10.1. The molecule has 0 aliphatic carbocycles. The Morgan fingerprint density at radius 1 is 0.265 bits per heavy atom. The Morgan fingerprint density at radius 2 is 0.676 bits per heavy atom. The Bertz CT molecular complexity index is 3900. The first-order valence-corrected chi connectivity index (χ1v) is 23.0. The summed E-state index contributed by atoms with van der Waals surface area (Å²) in [6, 6.07) is 88.2. The highest BCUT2D eigenvalue weighted by atomic mass is 15.2. The Hall–Kier alpha value is -9.19. The lowest BCUT2D eigenvalue weighted by Gasteiger charge is -2.19. The van der Waals surface area contributed by atoms with E-state index < -0.39 is 0 Å². The van der Waals surface area contributed by atoms with Crippen LogP contribution in [0.25, 0.3) is 123 Å². The van der Waals surface area contributed by atoms with E-state index in [1.165, 1.54) is 0 Å². The van der Waals surface area contributed by atoms with Crippen LogP contribution in [-0.2, 0) is 0 Å². The van der Waals surface area contributed by atoms with Gasteiger partial charge < -0.3 is 4.57 Å². The number of fused-ring (bicyclic) bond motifs is 7. The summed E-state index contributed by atoms with van der Waals surface area (Å²) < 4.78 is 4.76. The molecule has 13 aromatic rings. The maximum atomic E-state index is 5.50. The quantitative estimate of drug-likeness (QED) is 0.153. The molecular weight excluding hydrogens is 827 g/mol. The van der Waals surface area contributed by atoms with E-state index in [2.05, 4.69) is 246 Å². The van der Waals surface area contributed by atoms with Gasteiger partial charge in [0.1, 0.15) is 0 Å².